The Morgan fingerprint density at radius 2 is 2.20 bits per heavy atom. The Kier molecular flexibility index (Phi) is 5.10. The molecule has 1 aromatic carbocycles. The molecule has 0 aromatic heterocycles. The first-order valence-corrected chi connectivity index (χ1v) is 8.13. The van der Waals surface area contributed by atoms with Crippen molar-refractivity contribution in [3.63, 3.8) is 0 Å². The third kappa shape index (κ3) is 3.96. The highest BCUT2D eigenvalue weighted by Crippen LogP contribution is 2.28. The molecule has 2 N–H and O–H groups in total. The van der Waals surface area contributed by atoms with E-state index in [1.165, 1.54) is 11.3 Å². The molecule has 20 heavy (non-hydrogen) atoms. The summed E-state index contributed by atoms with van der Waals surface area (Å²) in [4.78, 5) is 2.39. The maximum atomic E-state index is 6.04. The molecule has 1 aliphatic heterocycles. The quantitative estimate of drug-likeness (QED) is 0.913. The highest BCUT2D eigenvalue weighted by Gasteiger charge is 2.27. The molecule has 1 heterocycles. The molecule has 1 aliphatic rings. The molecule has 1 unspecified atom stereocenters. The summed E-state index contributed by atoms with van der Waals surface area (Å²) in [6.07, 6.45) is 1.93. The maximum absolute atomic E-state index is 6.04. The van der Waals surface area contributed by atoms with Crippen molar-refractivity contribution in [1.29, 1.82) is 0 Å². The monoisotopic (exact) mass is 340 g/mol. The minimum absolute atomic E-state index is 0.0754. The van der Waals surface area contributed by atoms with Crippen molar-refractivity contribution in [3.05, 3.63) is 28.2 Å². The largest absolute Gasteiger partial charge is 0.372 e. The molecule has 0 radical (unpaired) electrons. The van der Waals surface area contributed by atoms with Crippen LogP contribution in [0.3, 0.4) is 0 Å². The van der Waals surface area contributed by atoms with Gasteiger partial charge in [-0.05, 0) is 44.4 Å². The van der Waals surface area contributed by atoms with Crippen LogP contribution in [0.4, 0.5) is 5.69 Å². The van der Waals surface area contributed by atoms with Gasteiger partial charge in [-0.15, -0.1) is 0 Å². The Labute approximate surface area is 130 Å². The third-order valence-electron chi connectivity index (χ3n) is 3.83. The highest BCUT2D eigenvalue weighted by molar-refractivity contribution is 9.10. The molecule has 0 bridgehead atoms. The standard InChI is InChI=1S/C16H25BrN2O/c1-4-13(18)9-12-5-6-14(10-15(12)17)19-7-8-20-16(2,3)11-19/h5-6,10,13H,4,7-9,11,18H2,1-3H3. The first-order chi connectivity index (χ1) is 9.41. The van der Waals surface area contributed by atoms with E-state index in [1.807, 2.05) is 0 Å². The number of hydrogen-bond donors (Lipinski definition) is 1. The van der Waals surface area contributed by atoms with Crippen molar-refractivity contribution in [3.8, 4) is 0 Å². The predicted molar refractivity (Wildman–Crippen MR) is 88.4 cm³/mol. The number of halogens is 1. The Balaban J connectivity index is 2.12. The van der Waals surface area contributed by atoms with Gasteiger partial charge in [0.2, 0.25) is 0 Å². The Morgan fingerprint density at radius 1 is 1.45 bits per heavy atom. The predicted octanol–water partition coefficient (Wildman–Crippen LogP) is 3.34. The zero-order chi connectivity index (χ0) is 14.8. The molecule has 112 valence electrons. The minimum Gasteiger partial charge on any atom is -0.372 e. The van der Waals surface area contributed by atoms with Gasteiger partial charge < -0.3 is 15.4 Å². The topological polar surface area (TPSA) is 38.5 Å². The Hall–Kier alpha value is -0.580. The fourth-order valence-electron chi connectivity index (χ4n) is 2.56. The lowest BCUT2D eigenvalue weighted by Gasteiger charge is -2.39. The second kappa shape index (κ2) is 6.46. The summed E-state index contributed by atoms with van der Waals surface area (Å²) in [6, 6.07) is 6.83. The van der Waals surface area contributed by atoms with Crippen LogP contribution >= 0.6 is 15.9 Å². The van der Waals surface area contributed by atoms with Gasteiger partial charge in [0.05, 0.1) is 12.2 Å². The molecule has 1 atom stereocenters. The van der Waals surface area contributed by atoms with E-state index in [0.29, 0.717) is 0 Å². The average molecular weight is 341 g/mol. The number of ether oxygens (including phenoxy) is 1. The smallest absolute Gasteiger partial charge is 0.0801 e. The van der Waals surface area contributed by atoms with Gasteiger partial charge in [0.1, 0.15) is 0 Å². The van der Waals surface area contributed by atoms with Gasteiger partial charge in [0.25, 0.3) is 0 Å². The zero-order valence-electron chi connectivity index (χ0n) is 12.7. The van der Waals surface area contributed by atoms with Gasteiger partial charge in [-0.25, -0.2) is 0 Å². The van der Waals surface area contributed by atoms with Crippen LogP contribution in [0.2, 0.25) is 0 Å². The minimum atomic E-state index is -0.0754. The van der Waals surface area contributed by atoms with Crippen LogP contribution in [0.25, 0.3) is 0 Å². The maximum Gasteiger partial charge on any atom is 0.0801 e. The van der Waals surface area contributed by atoms with Crippen LogP contribution in [-0.2, 0) is 11.2 Å². The van der Waals surface area contributed by atoms with E-state index < -0.39 is 0 Å². The second-order valence-electron chi connectivity index (χ2n) is 6.18. The Morgan fingerprint density at radius 3 is 2.80 bits per heavy atom. The van der Waals surface area contributed by atoms with Crippen molar-refractivity contribution in [2.45, 2.75) is 45.3 Å². The second-order valence-corrected chi connectivity index (χ2v) is 7.03. The molecule has 0 aliphatic carbocycles. The van der Waals surface area contributed by atoms with Gasteiger partial charge in [-0.2, -0.15) is 0 Å². The van der Waals surface area contributed by atoms with Gasteiger partial charge in [-0.3, -0.25) is 0 Å². The molecule has 0 amide bonds. The van der Waals surface area contributed by atoms with Crippen LogP contribution in [0.5, 0.6) is 0 Å². The fourth-order valence-corrected chi connectivity index (χ4v) is 3.09. The fraction of sp³-hybridized carbons (Fsp3) is 0.625. The Bertz CT molecular complexity index is 462. The molecular formula is C16H25BrN2O. The van der Waals surface area contributed by atoms with E-state index in [1.54, 1.807) is 0 Å². The van der Waals surface area contributed by atoms with Gasteiger partial charge in [0.15, 0.2) is 0 Å². The third-order valence-corrected chi connectivity index (χ3v) is 4.57. The summed E-state index contributed by atoms with van der Waals surface area (Å²) in [6.45, 7) is 9.07. The molecular weight excluding hydrogens is 316 g/mol. The lowest BCUT2D eigenvalue weighted by molar-refractivity contribution is -0.0276. The lowest BCUT2D eigenvalue weighted by atomic mass is 10.0. The van der Waals surface area contributed by atoms with E-state index in [9.17, 15) is 0 Å². The van der Waals surface area contributed by atoms with Crippen LogP contribution in [0, 0.1) is 0 Å². The number of rotatable bonds is 4. The summed E-state index contributed by atoms with van der Waals surface area (Å²) in [7, 11) is 0. The first kappa shape index (κ1) is 15.8. The highest BCUT2D eigenvalue weighted by atomic mass is 79.9. The first-order valence-electron chi connectivity index (χ1n) is 7.34. The van der Waals surface area contributed by atoms with Crippen molar-refractivity contribution < 1.29 is 4.74 Å². The molecule has 4 heteroatoms. The van der Waals surface area contributed by atoms with Crippen LogP contribution in [-0.4, -0.2) is 31.3 Å². The van der Waals surface area contributed by atoms with Crippen molar-refractivity contribution in [2.75, 3.05) is 24.6 Å². The molecule has 1 saturated heterocycles. The van der Waals surface area contributed by atoms with Crippen LogP contribution in [0.1, 0.15) is 32.8 Å². The zero-order valence-corrected chi connectivity index (χ0v) is 14.2. The van der Waals surface area contributed by atoms with Crippen molar-refractivity contribution in [1.82, 2.24) is 0 Å². The van der Waals surface area contributed by atoms with Crippen LogP contribution in [0.15, 0.2) is 22.7 Å². The van der Waals surface area contributed by atoms with Gasteiger partial charge >= 0.3 is 0 Å². The van der Waals surface area contributed by atoms with Gasteiger partial charge in [0, 0.05) is 29.3 Å². The van der Waals surface area contributed by atoms with Crippen LogP contribution < -0.4 is 10.6 Å². The van der Waals surface area contributed by atoms with E-state index in [-0.39, 0.29) is 11.6 Å². The summed E-state index contributed by atoms with van der Waals surface area (Å²) in [5.41, 5.74) is 8.51. The average Bonchev–Trinajstić information content (AvgIpc) is 2.39. The summed E-state index contributed by atoms with van der Waals surface area (Å²) < 4.78 is 6.92. The van der Waals surface area contributed by atoms with E-state index in [2.05, 4.69) is 59.8 Å². The molecule has 0 saturated carbocycles. The lowest BCUT2D eigenvalue weighted by Crippen LogP contribution is -2.48. The van der Waals surface area contributed by atoms with E-state index in [4.69, 9.17) is 10.5 Å². The molecule has 1 fully saturated rings. The SMILES string of the molecule is CCC(N)Cc1ccc(N2CCOC(C)(C)C2)cc1Br. The van der Waals surface area contributed by atoms with Gasteiger partial charge in [-0.1, -0.05) is 28.9 Å². The molecule has 2 rings (SSSR count). The van der Waals surface area contributed by atoms with E-state index in [0.717, 1.165) is 37.0 Å². The molecule has 0 spiro atoms. The number of morpholine rings is 1. The van der Waals surface area contributed by atoms with E-state index >= 15 is 0 Å². The van der Waals surface area contributed by atoms with Crippen molar-refractivity contribution in [2.24, 2.45) is 5.73 Å². The number of benzene rings is 1. The number of hydrogen-bond acceptors (Lipinski definition) is 3. The number of nitrogens with two attached hydrogens (primary N) is 1. The summed E-state index contributed by atoms with van der Waals surface area (Å²) in [5.74, 6) is 0. The number of nitrogens with zero attached hydrogens (tertiary/aromatic N) is 1. The normalized spacial score (nSPS) is 19.9. The number of anilines is 1. The summed E-state index contributed by atoms with van der Waals surface area (Å²) in [5, 5.41) is 0. The van der Waals surface area contributed by atoms with Crippen molar-refractivity contribution >= 4 is 21.6 Å². The molecule has 3 nitrogen and oxygen atoms in total. The summed E-state index contributed by atoms with van der Waals surface area (Å²) >= 11 is 3.69. The molecule has 1 aromatic rings.